The van der Waals surface area contributed by atoms with Gasteiger partial charge in [0.15, 0.2) is 12.4 Å². The molecule has 128 valence electrons. The molecule has 0 radical (unpaired) electrons. The molecule has 0 aromatic heterocycles. The Kier molecular flexibility index (Phi) is 5.80. The summed E-state index contributed by atoms with van der Waals surface area (Å²) in [5.74, 6) is -1.04. The molecule has 4 nitrogen and oxygen atoms in total. The van der Waals surface area contributed by atoms with Crippen LogP contribution in [0, 0.1) is 0 Å². The van der Waals surface area contributed by atoms with Gasteiger partial charge in [0.25, 0.3) is 5.91 Å². The summed E-state index contributed by atoms with van der Waals surface area (Å²) in [5.41, 5.74) is -0.138. The number of benzene rings is 2. The van der Waals surface area contributed by atoms with Gasteiger partial charge in [-0.1, -0.05) is 35.3 Å². The van der Waals surface area contributed by atoms with Crippen molar-refractivity contribution >= 4 is 34.8 Å². The first-order valence-electron chi connectivity index (χ1n) is 6.47. The molecule has 0 saturated carbocycles. The molecule has 9 heteroatoms. The third-order valence-electron chi connectivity index (χ3n) is 2.64. The van der Waals surface area contributed by atoms with E-state index in [-0.39, 0.29) is 16.5 Å². The average Bonchev–Trinajstić information content (AvgIpc) is 2.49. The van der Waals surface area contributed by atoms with E-state index in [1.807, 2.05) is 0 Å². The number of carbonyl (C=O) groups excluding carboxylic acids is 1. The lowest BCUT2D eigenvalue weighted by Gasteiger charge is -2.14. The van der Waals surface area contributed by atoms with Crippen LogP contribution in [0.1, 0.15) is 0 Å². The van der Waals surface area contributed by atoms with Crippen LogP contribution in [-0.4, -0.2) is 18.9 Å². The van der Waals surface area contributed by atoms with Crippen molar-refractivity contribution < 1.29 is 27.4 Å². The zero-order chi connectivity index (χ0) is 17.7. The summed E-state index contributed by atoms with van der Waals surface area (Å²) in [6.45, 7) is -0.472. The molecular weight excluding hydrogens is 370 g/mol. The Morgan fingerprint density at radius 1 is 1.08 bits per heavy atom. The first-order valence-corrected chi connectivity index (χ1v) is 7.22. The van der Waals surface area contributed by atoms with Gasteiger partial charge in [-0.3, -0.25) is 4.79 Å². The number of amides is 1. The molecule has 0 aliphatic heterocycles. The largest absolute Gasteiger partial charge is 0.573 e. The molecule has 2 aromatic rings. The van der Waals surface area contributed by atoms with Crippen LogP contribution in [0.25, 0.3) is 0 Å². The highest BCUT2D eigenvalue weighted by atomic mass is 35.5. The monoisotopic (exact) mass is 379 g/mol. The van der Waals surface area contributed by atoms with Crippen LogP contribution in [-0.2, 0) is 4.79 Å². The lowest BCUT2D eigenvalue weighted by atomic mass is 10.3. The molecule has 0 spiro atoms. The van der Waals surface area contributed by atoms with Crippen LogP contribution >= 0.6 is 23.2 Å². The van der Waals surface area contributed by atoms with Crippen molar-refractivity contribution in [2.75, 3.05) is 11.9 Å². The molecule has 0 bridgehead atoms. The average molecular weight is 380 g/mol. The normalized spacial score (nSPS) is 11.0. The van der Waals surface area contributed by atoms with Gasteiger partial charge in [0.1, 0.15) is 5.75 Å². The van der Waals surface area contributed by atoms with Crippen molar-refractivity contribution in [3.8, 4) is 11.5 Å². The van der Waals surface area contributed by atoms with Crippen LogP contribution in [0.4, 0.5) is 18.9 Å². The maximum atomic E-state index is 12.3. The highest BCUT2D eigenvalue weighted by molar-refractivity contribution is 6.34. The van der Waals surface area contributed by atoms with Crippen molar-refractivity contribution in [2.24, 2.45) is 0 Å². The van der Waals surface area contributed by atoms with E-state index < -0.39 is 24.6 Å². The van der Waals surface area contributed by atoms with E-state index >= 15 is 0 Å². The maximum Gasteiger partial charge on any atom is 0.573 e. The summed E-state index contributed by atoms with van der Waals surface area (Å²) in [4.78, 5) is 11.9. The summed E-state index contributed by atoms with van der Waals surface area (Å²) in [6, 6.07) is 9.60. The van der Waals surface area contributed by atoms with Crippen molar-refractivity contribution in [2.45, 2.75) is 6.36 Å². The van der Waals surface area contributed by atoms with Crippen molar-refractivity contribution in [1.29, 1.82) is 0 Å². The Morgan fingerprint density at radius 3 is 2.50 bits per heavy atom. The first-order chi connectivity index (χ1) is 11.2. The fraction of sp³-hybridized carbons (Fsp3) is 0.133. The molecule has 1 N–H and O–H groups in total. The predicted octanol–water partition coefficient (Wildman–Crippen LogP) is 4.91. The summed E-state index contributed by atoms with van der Waals surface area (Å²) >= 11 is 11.7. The summed E-state index contributed by atoms with van der Waals surface area (Å²) < 4.78 is 46.0. The van der Waals surface area contributed by atoms with Gasteiger partial charge in [-0.05, 0) is 24.3 Å². The molecular formula is C15H10Cl2F3NO3. The van der Waals surface area contributed by atoms with E-state index in [0.717, 1.165) is 6.07 Å². The minimum absolute atomic E-state index is 0.138. The number of anilines is 1. The van der Waals surface area contributed by atoms with Gasteiger partial charge < -0.3 is 14.8 Å². The van der Waals surface area contributed by atoms with Gasteiger partial charge in [-0.2, -0.15) is 0 Å². The molecule has 0 fully saturated rings. The molecule has 0 aliphatic rings. The van der Waals surface area contributed by atoms with Crippen molar-refractivity contribution in [1.82, 2.24) is 0 Å². The Bertz CT molecular complexity index is 738. The summed E-state index contributed by atoms with van der Waals surface area (Å²) in [6.07, 6.45) is -4.87. The quantitative estimate of drug-likeness (QED) is 0.802. The maximum absolute atomic E-state index is 12.3. The fourth-order valence-electron chi connectivity index (χ4n) is 1.70. The van der Waals surface area contributed by atoms with E-state index in [1.165, 1.54) is 30.3 Å². The van der Waals surface area contributed by atoms with Gasteiger partial charge >= 0.3 is 6.36 Å². The number of nitrogens with one attached hydrogen (secondary N) is 1. The minimum Gasteiger partial charge on any atom is -0.482 e. The lowest BCUT2D eigenvalue weighted by Crippen LogP contribution is -2.22. The van der Waals surface area contributed by atoms with Gasteiger partial charge in [-0.15, -0.1) is 13.2 Å². The minimum atomic E-state index is -4.87. The van der Waals surface area contributed by atoms with Gasteiger partial charge in [0.2, 0.25) is 0 Å². The molecule has 2 aromatic carbocycles. The molecule has 0 atom stereocenters. The number of rotatable bonds is 5. The summed E-state index contributed by atoms with van der Waals surface area (Å²) in [7, 11) is 0. The number of halogens is 5. The zero-order valence-electron chi connectivity index (χ0n) is 11.9. The first kappa shape index (κ1) is 18.2. The number of hydrogen-bond donors (Lipinski definition) is 1. The number of ether oxygens (including phenoxy) is 2. The number of hydrogen-bond acceptors (Lipinski definition) is 3. The van der Waals surface area contributed by atoms with Crippen molar-refractivity contribution in [3.05, 3.63) is 52.5 Å². The highest BCUT2D eigenvalue weighted by Crippen LogP contribution is 2.30. The zero-order valence-corrected chi connectivity index (χ0v) is 13.4. The highest BCUT2D eigenvalue weighted by Gasteiger charge is 2.32. The molecule has 0 saturated heterocycles. The van der Waals surface area contributed by atoms with Gasteiger partial charge in [-0.25, -0.2) is 0 Å². The van der Waals surface area contributed by atoms with E-state index in [4.69, 9.17) is 27.9 Å². The second-order valence-corrected chi connectivity index (χ2v) is 5.30. The van der Waals surface area contributed by atoms with Gasteiger partial charge in [0, 0.05) is 11.1 Å². The third kappa shape index (κ3) is 5.50. The molecule has 1 amide bonds. The smallest absolute Gasteiger partial charge is 0.482 e. The van der Waals surface area contributed by atoms with E-state index in [1.54, 1.807) is 6.07 Å². The molecule has 2 rings (SSSR count). The van der Waals surface area contributed by atoms with E-state index in [9.17, 15) is 18.0 Å². The van der Waals surface area contributed by atoms with Crippen LogP contribution in [0.3, 0.4) is 0 Å². The van der Waals surface area contributed by atoms with Crippen LogP contribution in [0.15, 0.2) is 42.5 Å². The standard InChI is InChI=1S/C15H10Cl2F3NO3/c16-9-5-6-10(17)13(7-9)23-8-14(22)21-11-3-1-2-4-12(11)24-15(18,19)20/h1-7H,8H2,(H,21,22). The number of carbonyl (C=O) groups is 1. The molecule has 24 heavy (non-hydrogen) atoms. The molecule has 0 aliphatic carbocycles. The van der Waals surface area contributed by atoms with E-state index in [2.05, 4.69) is 10.1 Å². The predicted molar refractivity (Wildman–Crippen MR) is 83.7 cm³/mol. The van der Waals surface area contributed by atoms with Crippen LogP contribution in [0.5, 0.6) is 11.5 Å². The third-order valence-corrected chi connectivity index (χ3v) is 3.19. The van der Waals surface area contributed by atoms with Gasteiger partial charge in [0.05, 0.1) is 10.7 Å². The fourth-order valence-corrected chi connectivity index (χ4v) is 2.04. The molecule has 0 unspecified atom stereocenters. The lowest BCUT2D eigenvalue weighted by molar-refractivity contribution is -0.274. The Balaban J connectivity index is 2.01. The van der Waals surface area contributed by atoms with Crippen molar-refractivity contribution in [3.63, 3.8) is 0 Å². The number of para-hydroxylation sites is 2. The topological polar surface area (TPSA) is 47.6 Å². The number of alkyl halides is 3. The Morgan fingerprint density at radius 2 is 1.79 bits per heavy atom. The summed E-state index contributed by atoms with van der Waals surface area (Å²) in [5, 5.41) is 2.88. The SMILES string of the molecule is O=C(COc1cc(Cl)ccc1Cl)Nc1ccccc1OC(F)(F)F. The Labute approximate surface area is 145 Å². The van der Waals surface area contributed by atoms with Crippen LogP contribution in [0.2, 0.25) is 10.0 Å². The Hall–Kier alpha value is -2.12. The molecule has 0 heterocycles. The second kappa shape index (κ2) is 7.63. The second-order valence-electron chi connectivity index (χ2n) is 4.46. The van der Waals surface area contributed by atoms with E-state index in [0.29, 0.717) is 5.02 Å². The van der Waals surface area contributed by atoms with Crippen LogP contribution < -0.4 is 14.8 Å².